The van der Waals surface area contributed by atoms with E-state index in [0.29, 0.717) is 36.2 Å². The van der Waals surface area contributed by atoms with Gasteiger partial charge in [0.1, 0.15) is 12.4 Å². The fourth-order valence-corrected chi connectivity index (χ4v) is 3.81. The Hall–Kier alpha value is -2.54. The predicted molar refractivity (Wildman–Crippen MR) is 123 cm³/mol. The number of rotatable bonds is 8. The normalized spacial score (nSPS) is 11.0. The van der Waals surface area contributed by atoms with E-state index in [1.165, 1.54) is 0 Å². The standard InChI is InChI=1S/C23H21BrClN3O2/c1-29-21-10-16(12-26-13-23-27-19-8-4-5-9-20(19)28-23)17(24)11-22(21)30-14-15-6-2-3-7-18(15)25/h2-11,26H,12-14H2,1H3,(H,27,28). The molecule has 5 nitrogen and oxygen atoms in total. The van der Waals surface area contributed by atoms with Crippen LogP contribution in [-0.2, 0) is 19.7 Å². The Morgan fingerprint density at radius 1 is 1.00 bits per heavy atom. The number of imidazole rings is 1. The average molecular weight is 487 g/mol. The number of H-pyrrole nitrogens is 1. The fourth-order valence-electron chi connectivity index (χ4n) is 3.16. The van der Waals surface area contributed by atoms with Crippen molar-refractivity contribution in [1.29, 1.82) is 0 Å². The van der Waals surface area contributed by atoms with E-state index in [1.807, 2.05) is 60.7 Å². The first-order valence-electron chi connectivity index (χ1n) is 9.51. The van der Waals surface area contributed by atoms with Crippen molar-refractivity contribution in [3.8, 4) is 11.5 Å². The van der Waals surface area contributed by atoms with Gasteiger partial charge in [-0.1, -0.05) is 57.9 Å². The predicted octanol–water partition coefficient (Wildman–Crippen LogP) is 5.86. The highest BCUT2D eigenvalue weighted by Crippen LogP contribution is 2.34. The quantitative estimate of drug-likeness (QED) is 0.328. The molecule has 0 amide bonds. The first-order chi connectivity index (χ1) is 14.6. The molecule has 0 saturated carbocycles. The zero-order valence-corrected chi connectivity index (χ0v) is 18.8. The third kappa shape index (κ3) is 4.78. The second-order valence-electron chi connectivity index (χ2n) is 6.78. The number of nitrogens with zero attached hydrogens (tertiary/aromatic N) is 1. The summed E-state index contributed by atoms with van der Waals surface area (Å²) < 4.78 is 12.4. The topological polar surface area (TPSA) is 59.2 Å². The summed E-state index contributed by atoms with van der Waals surface area (Å²) in [6.07, 6.45) is 0. The monoisotopic (exact) mass is 485 g/mol. The number of hydrogen-bond donors (Lipinski definition) is 2. The van der Waals surface area contributed by atoms with Crippen molar-refractivity contribution in [3.63, 3.8) is 0 Å². The molecule has 154 valence electrons. The van der Waals surface area contributed by atoms with Crippen molar-refractivity contribution in [2.75, 3.05) is 7.11 Å². The second kappa shape index (κ2) is 9.51. The van der Waals surface area contributed by atoms with E-state index in [0.717, 1.165) is 32.5 Å². The molecule has 0 bridgehead atoms. The number of nitrogens with one attached hydrogen (secondary N) is 2. The van der Waals surface area contributed by atoms with Gasteiger partial charge in [-0.05, 0) is 35.9 Å². The van der Waals surface area contributed by atoms with E-state index in [1.54, 1.807) is 7.11 Å². The minimum absolute atomic E-state index is 0.367. The highest BCUT2D eigenvalue weighted by Gasteiger charge is 2.12. The lowest BCUT2D eigenvalue weighted by molar-refractivity contribution is 0.284. The molecule has 1 aromatic heterocycles. The van der Waals surface area contributed by atoms with E-state index in [9.17, 15) is 0 Å². The van der Waals surface area contributed by atoms with Gasteiger partial charge in [0.05, 0.1) is 24.7 Å². The zero-order chi connectivity index (χ0) is 20.9. The van der Waals surface area contributed by atoms with Gasteiger partial charge in [0.2, 0.25) is 0 Å². The number of para-hydroxylation sites is 2. The van der Waals surface area contributed by atoms with E-state index >= 15 is 0 Å². The molecule has 0 saturated heterocycles. The van der Waals surface area contributed by atoms with Gasteiger partial charge in [-0.15, -0.1) is 0 Å². The van der Waals surface area contributed by atoms with Gasteiger partial charge in [-0.3, -0.25) is 0 Å². The van der Waals surface area contributed by atoms with Crippen LogP contribution < -0.4 is 14.8 Å². The summed E-state index contributed by atoms with van der Waals surface area (Å²) in [7, 11) is 1.64. The number of aromatic amines is 1. The summed E-state index contributed by atoms with van der Waals surface area (Å²) >= 11 is 9.86. The van der Waals surface area contributed by atoms with Gasteiger partial charge in [0.25, 0.3) is 0 Å². The molecule has 2 N–H and O–H groups in total. The van der Waals surface area contributed by atoms with Crippen LogP contribution in [-0.4, -0.2) is 17.1 Å². The Bertz CT molecular complexity index is 1130. The summed E-state index contributed by atoms with van der Waals surface area (Å²) in [6, 6.07) is 19.5. The number of aromatic nitrogens is 2. The Morgan fingerprint density at radius 3 is 2.60 bits per heavy atom. The van der Waals surface area contributed by atoms with Crippen LogP contribution in [0.3, 0.4) is 0 Å². The lowest BCUT2D eigenvalue weighted by Crippen LogP contribution is -2.14. The van der Waals surface area contributed by atoms with Crippen molar-refractivity contribution >= 4 is 38.6 Å². The Morgan fingerprint density at radius 2 is 1.80 bits per heavy atom. The smallest absolute Gasteiger partial charge is 0.162 e. The fraction of sp³-hybridized carbons (Fsp3) is 0.174. The molecule has 3 aromatic carbocycles. The Kier molecular flexibility index (Phi) is 6.57. The van der Waals surface area contributed by atoms with E-state index in [2.05, 4.69) is 31.2 Å². The molecule has 1 heterocycles. The molecule has 0 radical (unpaired) electrons. The number of ether oxygens (including phenoxy) is 2. The molecular weight excluding hydrogens is 466 g/mol. The van der Waals surface area contributed by atoms with Crippen LogP contribution in [0.1, 0.15) is 17.0 Å². The number of fused-ring (bicyclic) bond motifs is 1. The van der Waals surface area contributed by atoms with E-state index in [4.69, 9.17) is 21.1 Å². The van der Waals surface area contributed by atoms with Crippen LogP contribution in [0.15, 0.2) is 65.1 Å². The van der Waals surface area contributed by atoms with Crippen LogP contribution in [0.5, 0.6) is 11.5 Å². The average Bonchev–Trinajstić information content (AvgIpc) is 3.17. The van der Waals surface area contributed by atoms with Crippen molar-refractivity contribution in [2.24, 2.45) is 0 Å². The third-order valence-corrected chi connectivity index (χ3v) is 5.83. The molecule has 30 heavy (non-hydrogen) atoms. The highest BCUT2D eigenvalue weighted by atomic mass is 79.9. The van der Waals surface area contributed by atoms with Crippen LogP contribution in [0.25, 0.3) is 11.0 Å². The van der Waals surface area contributed by atoms with Gasteiger partial charge in [0, 0.05) is 21.6 Å². The first-order valence-corrected chi connectivity index (χ1v) is 10.7. The van der Waals surface area contributed by atoms with Crippen molar-refractivity contribution in [3.05, 3.63) is 87.1 Å². The summed E-state index contributed by atoms with van der Waals surface area (Å²) in [5.74, 6) is 2.23. The van der Waals surface area contributed by atoms with Crippen molar-refractivity contribution in [1.82, 2.24) is 15.3 Å². The number of benzene rings is 3. The molecule has 0 aliphatic carbocycles. The number of hydrogen-bond acceptors (Lipinski definition) is 4. The maximum atomic E-state index is 6.22. The number of methoxy groups -OCH3 is 1. The summed E-state index contributed by atoms with van der Waals surface area (Å²) in [5, 5.41) is 4.10. The minimum Gasteiger partial charge on any atom is -0.493 e. The zero-order valence-electron chi connectivity index (χ0n) is 16.4. The first kappa shape index (κ1) is 20.7. The van der Waals surface area contributed by atoms with Crippen LogP contribution >= 0.6 is 27.5 Å². The molecule has 0 aliphatic heterocycles. The molecule has 7 heteroatoms. The molecule has 4 rings (SSSR count). The van der Waals surface area contributed by atoms with Gasteiger partial charge in [0.15, 0.2) is 11.5 Å². The molecule has 0 fully saturated rings. The van der Waals surface area contributed by atoms with Gasteiger partial charge in [-0.2, -0.15) is 0 Å². The lowest BCUT2D eigenvalue weighted by atomic mass is 10.2. The molecular formula is C23H21BrClN3O2. The SMILES string of the molecule is COc1cc(CNCc2nc3ccccc3[nH]2)c(Br)cc1OCc1ccccc1Cl. The third-order valence-electron chi connectivity index (χ3n) is 4.72. The van der Waals surface area contributed by atoms with Crippen LogP contribution in [0.2, 0.25) is 5.02 Å². The minimum atomic E-state index is 0.367. The Balaban J connectivity index is 1.41. The summed E-state index contributed by atoms with van der Waals surface area (Å²) in [6.45, 7) is 1.65. The Labute approximate surface area is 188 Å². The molecule has 0 aliphatic rings. The van der Waals surface area contributed by atoms with Crippen molar-refractivity contribution in [2.45, 2.75) is 19.7 Å². The van der Waals surface area contributed by atoms with Crippen LogP contribution in [0.4, 0.5) is 0 Å². The molecule has 4 aromatic rings. The largest absolute Gasteiger partial charge is 0.493 e. The highest BCUT2D eigenvalue weighted by molar-refractivity contribution is 9.10. The molecule has 0 unspecified atom stereocenters. The lowest BCUT2D eigenvalue weighted by Gasteiger charge is -2.15. The van der Waals surface area contributed by atoms with E-state index in [-0.39, 0.29) is 0 Å². The second-order valence-corrected chi connectivity index (χ2v) is 8.04. The molecule has 0 atom stereocenters. The van der Waals surface area contributed by atoms with E-state index < -0.39 is 0 Å². The summed E-state index contributed by atoms with van der Waals surface area (Å²) in [5.41, 5.74) is 4.00. The maximum absolute atomic E-state index is 6.22. The molecule has 0 spiro atoms. The summed E-state index contributed by atoms with van der Waals surface area (Å²) in [4.78, 5) is 7.91. The van der Waals surface area contributed by atoms with Gasteiger partial charge >= 0.3 is 0 Å². The maximum Gasteiger partial charge on any atom is 0.162 e. The van der Waals surface area contributed by atoms with Gasteiger partial charge < -0.3 is 19.8 Å². The van der Waals surface area contributed by atoms with Crippen molar-refractivity contribution < 1.29 is 9.47 Å². The van der Waals surface area contributed by atoms with Crippen LogP contribution in [0, 0.1) is 0 Å². The van der Waals surface area contributed by atoms with Gasteiger partial charge in [-0.25, -0.2) is 4.98 Å². The number of halogens is 2.